The normalized spacial score (nSPS) is 13.2. The first kappa shape index (κ1) is 28.8. The molecule has 0 nitrogen and oxygen atoms in total. The Hall–Kier alpha value is -4.68. The van der Waals surface area contributed by atoms with Crippen LogP contribution in [-0.2, 0) is 11.8 Å². The number of benzene rings is 5. The van der Waals surface area contributed by atoms with Gasteiger partial charge in [-0.05, 0) is 82.3 Å². The number of rotatable bonds is 7. The second-order valence-corrected chi connectivity index (χ2v) is 10.8. The first-order valence-electron chi connectivity index (χ1n) is 15.0. The van der Waals surface area contributed by atoms with Crippen molar-refractivity contribution < 1.29 is 0 Å². The van der Waals surface area contributed by atoms with Crippen LogP contribution in [-0.4, -0.2) is 0 Å². The van der Waals surface area contributed by atoms with Crippen molar-refractivity contribution in [2.75, 3.05) is 0 Å². The fourth-order valence-electron chi connectivity index (χ4n) is 6.33. The fraction of sp³-hybridized carbons (Fsp3) is 0.143. The third-order valence-corrected chi connectivity index (χ3v) is 8.26. The van der Waals surface area contributed by atoms with Crippen molar-refractivity contribution in [1.29, 1.82) is 0 Å². The highest BCUT2D eigenvalue weighted by molar-refractivity contribution is 5.86. The summed E-state index contributed by atoms with van der Waals surface area (Å²) in [6, 6.07) is 46.1. The topological polar surface area (TPSA) is 0 Å². The summed E-state index contributed by atoms with van der Waals surface area (Å²) in [5, 5.41) is 0. The molecule has 208 valence electrons. The number of allylic oxidation sites excluding steroid dienone is 5. The summed E-state index contributed by atoms with van der Waals surface area (Å²) >= 11 is 0. The lowest BCUT2D eigenvalue weighted by molar-refractivity contribution is 0.767. The van der Waals surface area contributed by atoms with E-state index in [4.69, 9.17) is 0 Å². The molecule has 0 saturated heterocycles. The number of fused-ring (bicyclic) bond motifs is 3. The molecule has 0 amide bonds. The van der Waals surface area contributed by atoms with Crippen LogP contribution in [0.3, 0.4) is 0 Å². The molecule has 0 spiro atoms. The molecule has 0 atom stereocenters. The van der Waals surface area contributed by atoms with E-state index in [0.717, 1.165) is 12.8 Å². The Morgan fingerprint density at radius 1 is 0.690 bits per heavy atom. The largest absolute Gasteiger partial charge is 0.103 e. The van der Waals surface area contributed by atoms with Crippen LogP contribution in [0.25, 0.3) is 16.7 Å². The van der Waals surface area contributed by atoms with Crippen molar-refractivity contribution in [3.8, 4) is 11.1 Å². The lowest BCUT2D eigenvalue weighted by atomic mass is 9.67. The van der Waals surface area contributed by atoms with Gasteiger partial charge in [0.05, 0.1) is 5.41 Å². The van der Waals surface area contributed by atoms with Crippen LogP contribution in [0.4, 0.5) is 0 Å². The van der Waals surface area contributed by atoms with Crippen molar-refractivity contribution in [2.24, 2.45) is 0 Å². The quantitative estimate of drug-likeness (QED) is 0.138. The Bertz CT molecular complexity index is 1660. The van der Waals surface area contributed by atoms with Gasteiger partial charge in [0.25, 0.3) is 0 Å². The van der Waals surface area contributed by atoms with Gasteiger partial charge in [-0.3, -0.25) is 0 Å². The highest BCUT2D eigenvalue weighted by Gasteiger charge is 2.45. The Kier molecular flexibility index (Phi) is 9.15. The third-order valence-electron chi connectivity index (χ3n) is 8.26. The maximum Gasteiger partial charge on any atom is 0.0713 e. The Labute approximate surface area is 252 Å². The zero-order valence-electron chi connectivity index (χ0n) is 25.1. The Morgan fingerprint density at radius 3 is 1.90 bits per heavy atom. The Balaban J connectivity index is 0.000000214. The fourth-order valence-corrected chi connectivity index (χ4v) is 6.33. The Morgan fingerprint density at radius 2 is 1.29 bits per heavy atom. The molecule has 42 heavy (non-hydrogen) atoms. The van der Waals surface area contributed by atoms with Gasteiger partial charge in [0.2, 0.25) is 0 Å². The monoisotopic (exact) mass is 544 g/mol. The van der Waals surface area contributed by atoms with Gasteiger partial charge < -0.3 is 0 Å². The van der Waals surface area contributed by atoms with Gasteiger partial charge in [0, 0.05) is 0 Å². The van der Waals surface area contributed by atoms with E-state index in [1.165, 1.54) is 55.6 Å². The molecule has 1 aliphatic carbocycles. The highest BCUT2D eigenvalue weighted by atomic mass is 14.5. The number of hydrogen-bond acceptors (Lipinski definition) is 0. The SMILES string of the molecule is C/C=C\C=C(/CC)c1ccccc1C.C=CCc1ccc2c(c1)C(c1ccccc1)(c1ccccc1)c1ccccc1-2. The molecule has 0 aliphatic heterocycles. The summed E-state index contributed by atoms with van der Waals surface area (Å²) in [5.74, 6) is 0. The van der Waals surface area contributed by atoms with Crippen LogP contribution in [0.15, 0.2) is 158 Å². The van der Waals surface area contributed by atoms with E-state index >= 15 is 0 Å². The van der Waals surface area contributed by atoms with Gasteiger partial charge in [-0.15, -0.1) is 6.58 Å². The lowest BCUT2D eigenvalue weighted by Crippen LogP contribution is -2.28. The van der Waals surface area contributed by atoms with Gasteiger partial charge in [0.1, 0.15) is 0 Å². The van der Waals surface area contributed by atoms with Gasteiger partial charge in [-0.2, -0.15) is 0 Å². The molecular formula is C42H40. The smallest absolute Gasteiger partial charge is 0.0713 e. The first-order valence-corrected chi connectivity index (χ1v) is 15.0. The molecule has 0 N–H and O–H groups in total. The van der Waals surface area contributed by atoms with Gasteiger partial charge >= 0.3 is 0 Å². The molecule has 5 aromatic carbocycles. The van der Waals surface area contributed by atoms with E-state index in [1.807, 2.05) is 13.0 Å². The molecule has 0 heteroatoms. The van der Waals surface area contributed by atoms with E-state index in [9.17, 15) is 0 Å². The van der Waals surface area contributed by atoms with Crippen molar-refractivity contribution in [1.82, 2.24) is 0 Å². The molecule has 6 rings (SSSR count). The maximum atomic E-state index is 3.94. The number of hydrogen-bond donors (Lipinski definition) is 0. The van der Waals surface area contributed by atoms with Crippen LogP contribution >= 0.6 is 0 Å². The van der Waals surface area contributed by atoms with Crippen molar-refractivity contribution >= 4 is 5.57 Å². The van der Waals surface area contributed by atoms with Crippen LogP contribution in [0.1, 0.15) is 59.2 Å². The van der Waals surface area contributed by atoms with Crippen molar-refractivity contribution in [3.63, 3.8) is 0 Å². The molecule has 5 aromatic rings. The second kappa shape index (κ2) is 13.3. The van der Waals surface area contributed by atoms with Gasteiger partial charge in [0.15, 0.2) is 0 Å². The molecule has 0 unspecified atom stereocenters. The highest BCUT2D eigenvalue weighted by Crippen LogP contribution is 2.56. The minimum Gasteiger partial charge on any atom is -0.103 e. The second-order valence-electron chi connectivity index (χ2n) is 10.8. The van der Waals surface area contributed by atoms with Gasteiger partial charge in [-0.25, -0.2) is 0 Å². The molecule has 0 saturated carbocycles. The summed E-state index contributed by atoms with van der Waals surface area (Å²) in [7, 11) is 0. The summed E-state index contributed by atoms with van der Waals surface area (Å²) in [6.07, 6.45) is 10.3. The summed E-state index contributed by atoms with van der Waals surface area (Å²) in [5.41, 5.74) is 13.1. The maximum absolute atomic E-state index is 3.94. The summed E-state index contributed by atoms with van der Waals surface area (Å²) in [6.45, 7) is 10.3. The minimum absolute atomic E-state index is 0.300. The summed E-state index contributed by atoms with van der Waals surface area (Å²) < 4.78 is 0. The minimum atomic E-state index is -0.300. The van der Waals surface area contributed by atoms with Crippen LogP contribution in [0, 0.1) is 6.92 Å². The predicted molar refractivity (Wildman–Crippen MR) is 182 cm³/mol. The molecule has 0 fully saturated rings. The molecule has 0 aromatic heterocycles. The number of aryl methyl sites for hydroxylation is 1. The lowest BCUT2D eigenvalue weighted by Gasteiger charge is -2.34. The summed E-state index contributed by atoms with van der Waals surface area (Å²) in [4.78, 5) is 0. The van der Waals surface area contributed by atoms with E-state index in [1.54, 1.807) is 0 Å². The van der Waals surface area contributed by atoms with E-state index in [-0.39, 0.29) is 5.41 Å². The van der Waals surface area contributed by atoms with Crippen molar-refractivity contribution in [2.45, 2.75) is 39.0 Å². The average molecular weight is 545 g/mol. The standard InChI is InChI=1S/C28H22.C14H18/c1-2-11-21-18-19-25-24-16-9-10-17-26(24)28(27(25)20-21,22-12-5-3-6-13-22)23-14-7-4-8-15-23;1-4-6-10-13(5-2)14-11-8-7-9-12(14)3/h2-10,12-20H,1,11H2;4,6-11H,5H2,1-3H3/b;6-4-,13-10+. The van der Waals surface area contributed by atoms with Crippen molar-refractivity contribution in [3.05, 3.63) is 197 Å². The zero-order valence-corrected chi connectivity index (χ0v) is 25.1. The third kappa shape index (κ3) is 5.46. The van der Waals surface area contributed by atoms with E-state index < -0.39 is 0 Å². The van der Waals surface area contributed by atoms with E-state index in [0.29, 0.717) is 0 Å². The molecule has 0 heterocycles. The predicted octanol–water partition coefficient (Wildman–Crippen LogP) is 11.1. The zero-order chi connectivity index (χ0) is 29.4. The molecule has 1 aliphatic rings. The van der Waals surface area contributed by atoms with E-state index in [2.05, 4.69) is 166 Å². The van der Waals surface area contributed by atoms with Crippen LogP contribution in [0.2, 0.25) is 0 Å². The van der Waals surface area contributed by atoms with Gasteiger partial charge in [-0.1, -0.05) is 159 Å². The molecule has 0 bridgehead atoms. The van der Waals surface area contributed by atoms with Crippen LogP contribution < -0.4 is 0 Å². The molecular weight excluding hydrogens is 504 g/mol. The first-order chi connectivity index (χ1) is 20.6. The van der Waals surface area contributed by atoms with Crippen LogP contribution in [0.5, 0.6) is 0 Å². The molecule has 0 radical (unpaired) electrons. The average Bonchev–Trinajstić information content (AvgIpc) is 3.34.